The van der Waals surface area contributed by atoms with Crippen molar-refractivity contribution >= 4 is 45.0 Å². The summed E-state index contributed by atoms with van der Waals surface area (Å²) in [5.74, 6) is -2.03. The SMILES string of the molecule is CNCCN(C)c1cc(C)ccc1Nc1cc(F)c([S+](=O)(O)Nc2ncc(F)cn2)cc1Cl. The lowest BCUT2D eigenvalue weighted by atomic mass is 10.1. The predicted molar refractivity (Wildman–Crippen MR) is 128 cm³/mol. The molecule has 1 aromatic heterocycles. The lowest BCUT2D eigenvalue weighted by Crippen LogP contribution is -2.27. The maximum atomic E-state index is 14.9. The Kier molecular flexibility index (Phi) is 7.80. The molecule has 2 aromatic carbocycles. The van der Waals surface area contributed by atoms with Crippen LogP contribution in [0.5, 0.6) is 0 Å². The number of rotatable bonds is 9. The van der Waals surface area contributed by atoms with Crippen molar-refractivity contribution in [3.05, 3.63) is 64.9 Å². The van der Waals surface area contributed by atoms with Crippen molar-refractivity contribution in [2.45, 2.75) is 11.8 Å². The molecule has 12 heteroatoms. The zero-order chi connectivity index (χ0) is 24.2. The van der Waals surface area contributed by atoms with Gasteiger partial charge in [0.1, 0.15) is 0 Å². The molecule has 33 heavy (non-hydrogen) atoms. The molecule has 0 saturated heterocycles. The minimum Gasteiger partial charge on any atom is -0.372 e. The molecule has 3 aromatic rings. The molecule has 176 valence electrons. The number of hydrogen-bond acceptors (Lipinski definition) is 6. The van der Waals surface area contributed by atoms with Gasteiger partial charge in [0.15, 0.2) is 11.6 Å². The molecular weight excluding hydrogens is 474 g/mol. The summed E-state index contributed by atoms with van der Waals surface area (Å²) in [7, 11) is -0.354. The number of benzene rings is 2. The van der Waals surface area contributed by atoms with E-state index in [1.54, 1.807) is 0 Å². The molecule has 4 N–H and O–H groups in total. The van der Waals surface area contributed by atoms with Crippen molar-refractivity contribution in [3.63, 3.8) is 0 Å². The molecule has 3 rings (SSSR count). The first kappa shape index (κ1) is 24.8. The fourth-order valence-corrected chi connectivity index (χ4v) is 4.33. The van der Waals surface area contributed by atoms with Crippen molar-refractivity contribution < 1.29 is 17.5 Å². The minimum atomic E-state index is -4.16. The van der Waals surface area contributed by atoms with Gasteiger partial charge in [0.05, 0.1) is 34.5 Å². The topological polar surface area (TPSA) is 102 Å². The van der Waals surface area contributed by atoms with E-state index < -0.39 is 26.9 Å². The fraction of sp³-hybridized carbons (Fsp3) is 0.238. The molecular formula is C21H24ClF2N6O2S+. The Bertz CT molecular complexity index is 1180. The smallest absolute Gasteiger partial charge is 0.352 e. The van der Waals surface area contributed by atoms with Crippen molar-refractivity contribution in [2.75, 3.05) is 42.1 Å². The predicted octanol–water partition coefficient (Wildman–Crippen LogP) is 4.47. The van der Waals surface area contributed by atoms with Crippen LogP contribution in [-0.2, 0) is 14.6 Å². The van der Waals surface area contributed by atoms with E-state index in [2.05, 4.69) is 25.3 Å². The van der Waals surface area contributed by atoms with Crippen LogP contribution >= 0.6 is 11.6 Å². The van der Waals surface area contributed by atoms with Crippen LogP contribution in [0.25, 0.3) is 0 Å². The molecule has 0 spiro atoms. The summed E-state index contributed by atoms with van der Waals surface area (Å²) in [4.78, 5) is 8.57. The molecule has 0 saturated carbocycles. The second-order valence-corrected chi connectivity index (χ2v) is 9.39. The van der Waals surface area contributed by atoms with Crippen LogP contribution < -0.4 is 20.3 Å². The van der Waals surface area contributed by atoms with Gasteiger partial charge in [0.2, 0.25) is 0 Å². The van der Waals surface area contributed by atoms with Crippen LogP contribution in [0.15, 0.2) is 47.6 Å². The van der Waals surface area contributed by atoms with Crippen molar-refractivity contribution in [1.29, 1.82) is 0 Å². The lowest BCUT2D eigenvalue weighted by Gasteiger charge is -2.24. The maximum absolute atomic E-state index is 14.9. The largest absolute Gasteiger partial charge is 0.372 e. The number of anilines is 4. The number of halogens is 3. The molecule has 0 aliphatic rings. The number of aromatic nitrogens is 2. The standard InChI is InChI=1S/C21H23ClF2N6O2S/c1-13-4-5-17(19(8-13)30(3)7-6-25-2)28-18-10-16(24)20(9-15(18)22)33(31,32)29-21-26-11-14(23)12-27-21/h4-5,8-12,25,28H,6-7H2,1-3H3,(H-,26,27,29,31,32)/p+1. The highest BCUT2D eigenvalue weighted by Gasteiger charge is 2.36. The van der Waals surface area contributed by atoms with Crippen LogP contribution in [-0.4, -0.2) is 41.7 Å². The summed E-state index contributed by atoms with van der Waals surface area (Å²) >= 11 is 6.33. The number of nitrogens with one attached hydrogen (secondary N) is 3. The Balaban J connectivity index is 1.89. The van der Waals surface area contributed by atoms with Crippen molar-refractivity contribution in [1.82, 2.24) is 15.3 Å². The minimum absolute atomic E-state index is 0.0272. The van der Waals surface area contributed by atoms with Crippen LogP contribution in [0.3, 0.4) is 0 Å². The molecule has 1 unspecified atom stereocenters. The molecule has 0 bridgehead atoms. The first-order chi connectivity index (χ1) is 15.6. The van der Waals surface area contributed by atoms with Gasteiger partial charge >= 0.3 is 10.4 Å². The first-order valence-electron chi connectivity index (χ1n) is 9.85. The van der Waals surface area contributed by atoms with Gasteiger partial charge in [0, 0.05) is 32.3 Å². The highest BCUT2D eigenvalue weighted by Crippen LogP contribution is 2.35. The van der Waals surface area contributed by atoms with E-state index in [-0.39, 0.29) is 16.7 Å². The van der Waals surface area contributed by atoms with Gasteiger partial charge in [-0.05, 0) is 35.9 Å². The molecule has 1 heterocycles. The third kappa shape index (κ3) is 6.14. The summed E-state index contributed by atoms with van der Waals surface area (Å²) in [6, 6.07) is 7.84. The highest BCUT2D eigenvalue weighted by molar-refractivity contribution is 7.99. The van der Waals surface area contributed by atoms with Crippen LogP contribution in [0.2, 0.25) is 5.02 Å². The van der Waals surface area contributed by atoms with Gasteiger partial charge in [-0.1, -0.05) is 17.7 Å². The van der Waals surface area contributed by atoms with Gasteiger partial charge < -0.3 is 15.5 Å². The Labute approximate surface area is 196 Å². The van der Waals surface area contributed by atoms with E-state index in [4.69, 9.17) is 11.6 Å². The number of hydrogen-bond donors (Lipinski definition) is 4. The van der Waals surface area contributed by atoms with Gasteiger partial charge in [-0.15, -0.1) is 4.72 Å². The summed E-state index contributed by atoms with van der Waals surface area (Å²) in [5.41, 5.74) is 2.84. The van der Waals surface area contributed by atoms with Crippen molar-refractivity contribution in [2.24, 2.45) is 0 Å². The van der Waals surface area contributed by atoms with E-state index >= 15 is 0 Å². The van der Waals surface area contributed by atoms with Gasteiger partial charge in [-0.25, -0.2) is 18.7 Å². The zero-order valence-corrected chi connectivity index (χ0v) is 19.8. The summed E-state index contributed by atoms with van der Waals surface area (Å²) < 4.78 is 53.0. The Morgan fingerprint density at radius 2 is 1.85 bits per heavy atom. The number of aryl methyl sites for hydroxylation is 1. The first-order valence-corrected chi connectivity index (χ1v) is 11.7. The summed E-state index contributed by atoms with van der Waals surface area (Å²) in [5, 5.41) is 6.22. The van der Waals surface area contributed by atoms with E-state index in [0.717, 1.165) is 48.9 Å². The van der Waals surface area contributed by atoms with Crippen LogP contribution in [0.4, 0.5) is 31.8 Å². The lowest BCUT2D eigenvalue weighted by molar-refractivity contribution is 0.492. The third-order valence-electron chi connectivity index (χ3n) is 4.70. The molecule has 8 nitrogen and oxygen atoms in total. The van der Waals surface area contributed by atoms with Crippen LogP contribution in [0, 0.1) is 18.6 Å². The average molecular weight is 498 g/mol. The van der Waals surface area contributed by atoms with Gasteiger partial charge in [0.25, 0.3) is 10.8 Å². The quantitative estimate of drug-likeness (QED) is 0.323. The highest BCUT2D eigenvalue weighted by atomic mass is 35.5. The van der Waals surface area contributed by atoms with Gasteiger partial charge in [-0.3, -0.25) is 0 Å². The van der Waals surface area contributed by atoms with Crippen LogP contribution in [0.1, 0.15) is 5.56 Å². The molecule has 0 fully saturated rings. The summed E-state index contributed by atoms with van der Waals surface area (Å²) in [6.45, 7) is 3.47. The Morgan fingerprint density at radius 3 is 2.52 bits per heavy atom. The molecule has 0 aliphatic heterocycles. The molecule has 1 atom stereocenters. The number of likely N-dealkylation sites (N-methyl/N-ethyl adjacent to an activating group) is 2. The summed E-state index contributed by atoms with van der Waals surface area (Å²) in [6.07, 6.45) is 1.63. The average Bonchev–Trinajstić information content (AvgIpc) is 2.76. The molecule has 0 aliphatic carbocycles. The molecule has 0 amide bonds. The van der Waals surface area contributed by atoms with E-state index in [0.29, 0.717) is 5.69 Å². The van der Waals surface area contributed by atoms with E-state index in [1.165, 1.54) is 0 Å². The number of nitrogens with zero attached hydrogens (tertiary/aromatic N) is 3. The second-order valence-electron chi connectivity index (χ2n) is 7.29. The fourth-order valence-electron chi connectivity index (χ4n) is 2.99. The second kappa shape index (κ2) is 10.4. The van der Waals surface area contributed by atoms with E-state index in [9.17, 15) is 17.5 Å². The maximum Gasteiger partial charge on any atom is 0.352 e. The third-order valence-corrected chi connectivity index (χ3v) is 6.38. The van der Waals surface area contributed by atoms with Crippen molar-refractivity contribution in [3.8, 4) is 0 Å². The Morgan fingerprint density at radius 1 is 1.15 bits per heavy atom. The molecule has 0 radical (unpaired) electrons. The van der Waals surface area contributed by atoms with E-state index in [1.807, 2.05) is 44.1 Å². The normalized spacial score (nSPS) is 12.8. The monoisotopic (exact) mass is 497 g/mol. The Hall–Kier alpha value is -2.86. The zero-order valence-electron chi connectivity index (χ0n) is 18.2. The van der Waals surface area contributed by atoms with Gasteiger partial charge in [-0.2, -0.15) is 4.55 Å².